The van der Waals surface area contributed by atoms with Crippen LogP contribution in [0.4, 0.5) is 0 Å². The largest absolute Gasteiger partial charge is 0.493 e. The summed E-state index contributed by atoms with van der Waals surface area (Å²) in [4.78, 5) is 0. The molecule has 2 aromatic carbocycles. The first-order valence-electron chi connectivity index (χ1n) is 9.76. The Morgan fingerprint density at radius 1 is 0.577 bits per heavy atom. The van der Waals surface area contributed by atoms with Gasteiger partial charge in [-0.2, -0.15) is 0 Å². The summed E-state index contributed by atoms with van der Waals surface area (Å²) in [5.41, 5.74) is 2.47. The highest BCUT2D eigenvalue weighted by molar-refractivity contribution is 5.34. The lowest BCUT2D eigenvalue weighted by Gasteiger charge is -2.14. The maximum Gasteiger partial charge on any atom is 0.123 e. The van der Waals surface area contributed by atoms with E-state index >= 15 is 0 Å². The Morgan fingerprint density at radius 2 is 1.04 bits per heavy atom. The van der Waals surface area contributed by atoms with Crippen molar-refractivity contribution in [1.29, 1.82) is 0 Å². The zero-order valence-corrected chi connectivity index (χ0v) is 15.5. The Kier molecular flexibility index (Phi) is 7.81. The molecule has 0 radical (unpaired) electrons. The van der Waals surface area contributed by atoms with Crippen molar-refractivity contribution < 1.29 is 9.47 Å². The highest BCUT2D eigenvalue weighted by Crippen LogP contribution is 2.20. The lowest BCUT2D eigenvalue weighted by Crippen LogP contribution is -2.19. The van der Waals surface area contributed by atoms with Crippen molar-refractivity contribution in [3.8, 4) is 11.5 Å². The molecule has 0 spiro atoms. The highest BCUT2D eigenvalue weighted by Gasteiger charge is 2.05. The number of hydrogen-bond acceptors (Lipinski definition) is 4. The van der Waals surface area contributed by atoms with Crippen molar-refractivity contribution in [3.05, 3.63) is 59.7 Å². The average Bonchev–Trinajstić information content (AvgIpc) is 2.68. The van der Waals surface area contributed by atoms with Gasteiger partial charge in [0.1, 0.15) is 11.5 Å². The summed E-state index contributed by atoms with van der Waals surface area (Å²) < 4.78 is 12.0. The average molecular weight is 354 g/mol. The monoisotopic (exact) mass is 354 g/mol. The number of nitrogens with one attached hydrogen (secondary N) is 2. The molecule has 1 aliphatic heterocycles. The molecule has 1 heterocycles. The van der Waals surface area contributed by atoms with E-state index < -0.39 is 0 Å². The second-order valence-corrected chi connectivity index (χ2v) is 6.68. The van der Waals surface area contributed by atoms with Crippen LogP contribution in [0, 0.1) is 0 Å². The number of para-hydroxylation sites is 2. The van der Waals surface area contributed by atoms with Crippen molar-refractivity contribution in [1.82, 2.24) is 10.6 Å². The SMILES string of the molecule is c1ccc2c(c1)CNCCCCNCc1ccccc1OCCCCO2. The fourth-order valence-electron chi connectivity index (χ4n) is 3.10. The summed E-state index contributed by atoms with van der Waals surface area (Å²) in [6, 6.07) is 16.6. The molecule has 0 unspecified atom stereocenters. The minimum atomic E-state index is 0.726. The third-order valence-corrected chi connectivity index (χ3v) is 4.59. The van der Waals surface area contributed by atoms with Crippen LogP contribution in [0.15, 0.2) is 48.5 Å². The van der Waals surface area contributed by atoms with Gasteiger partial charge in [-0.25, -0.2) is 0 Å². The van der Waals surface area contributed by atoms with Crippen LogP contribution in [-0.2, 0) is 13.1 Å². The molecular formula is C22H30N2O2. The van der Waals surface area contributed by atoms with Crippen LogP contribution < -0.4 is 20.1 Å². The summed E-state index contributed by atoms with van der Waals surface area (Å²) in [5, 5.41) is 7.07. The van der Waals surface area contributed by atoms with Gasteiger partial charge >= 0.3 is 0 Å². The van der Waals surface area contributed by atoms with Crippen molar-refractivity contribution in [2.24, 2.45) is 0 Å². The molecule has 3 rings (SSSR count). The molecule has 26 heavy (non-hydrogen) atoms. The molecule has 0 bridgehead atoms. The molecule has 0 atom stereocenters. The summed E-state index contributed by atoms with van der Waals surface area (Å²) in [7, 11) is 0. The first-order valence-corrected chi connectivity index (χ1v) is 9.76. The number of rotatable bonds is 0. The van der Waals surface area contributed by atoms with E-state index in [0.29, 0.717) is 0 Å². The Bertz CT molecular complexity index is 603. The predicted octanol–water partition coefficient (Wildman–Crippen LogP) is 3.90. The zero-order valence-electron chi connectivity index (χ0n) is 15.5. The zero-order chi connectivity index (χ0) is 17.9. The number of fused-ring (bicyclic) bond motifs is 2. The van der Waals surface area contributed by atoms with Gasteiger partial charge in [0.2, 0.25) is 0 Å². The van der Waals surface area contributed by atoms with Crippen molar-refractivity contribution in [2.45, 2.75) is 38.8 Å². The predicted molar refractivity (Wildman–Crippen MR) is 106 cm³/mol. The molecule has 0 fully saturated rings. The molecule has 2 N–H and O–H groups in total. The van der Waals surface area contributed by atoms with Gasteiger partial charge in [0.05, 0.1) is 13.2 Å². The van der Waals surface area contributed by atoms with Gasteiger partial charge in [0, 0.05) is 24.2 Å². The number of ether oxygens (including phenoxy) is 2. The number of benzene rings is 2. The topological polar surface area (TPSA) is 42.5 Å². The van der Waals surface area contributed by atoms with E-state index in [1.165, 1.54) is 11.1 Å². The van der Waals surface area contributed by atoms with Crippen LogP contribution in [-0.4, -0.2) is 26.3 Å². The Balaban J connectivity index is 1.57. The number of hydrogen-bond donors (Lipinski definition) is 2. The normalized spacial score (nSPS) is 17.5. The summed E-state index contributed by atoms with van der Waals surface area (Å²) >= 11 is 0. The van der Waals surface area contributed by atoms with E-state index in [9.17, 15) is 0 Å². The second kappa shape index (κ2) is 10.8. The van der Waals surface area contributed by atoms with Crippen molar-refractivity contribution in [2.75, 3.05) is 26.3 Å². The fourth-order valence-corrected chi connectivity index (χ4v) is 3.10. The fraction of sp³-hybridized carbons (Fsp3) is 0.455. The maximum absolute atomic E-state index is 6.00. The molecule has 0 saturated carbocycles. The van der Waals surface area contributed by atoms with Gasteiger partial charge in [0.25, 0.3) is 0 Å². The quantitative estimate of drug-likeness (QED) is 0.753. The van der Waals surface area contributed by atoms with Crippen LogP contribution >= 0.6 is 0 Å². The van der Waals surface area contributed by atoms with Crippen molar-refractivity contribution >= 4 is 0 Å². The van der Waals surface area contributed by atoms with E-state index in [1.807, 2.05) is 12.1 Å². The molecule has 4 heteroatoms. The van der Waals surface area contributed by atoms with Gasteiger partial charge in [0.15, 0.2) is 0 Å². The van der Waals surface area contributed by atoms with Crippen LogP contribution in [0.2, 0.25) is 0 Å². The van der Waals surface area contributed by atoms with E-state index in [-0.39, 0.29) is 0 Å². The Morgan fingerprint density at radius 3 is 1.54 bits per heavy atom. The summed E-state index contributed by atoms with van der Waals surface area (Å²) in [5.74, 6) is 1.99. The standard InChI is InChI=1S/C22H30N2O2/c1-3-11-21-19(9-1)17-23-13-5-6-14-24-18-20-10-2-4-12-22(20)26-16-8-7-15-25-21/h1-4,9-12,23-24H,5-8,13-18H2. The molecule has 4 nitrogen and oxygen atoms in total. The van der Waals surface area contributed by atoms with Crippen LogP contribution in [0.3, 0.4) is 0 Å². The lowest BCUT2D eigenvalue weighted by atomic mass is 10.2. The van der Waals surface area contributed by atoms with E-state index in [0.717, 1.165) is 76.6 Å². The third-order valence-electron chi connectivity index (χ3n) is 4.59. The van der Waals surface area contributed by atoms with Crippen LogP contribution in [0.25, 0.3) is 0 Å². The minimum absolute atomic E-state index is 0.726. The van der Waals surface area contributed by atoms with Gasteiger partial charge < -0.3 is 20.1 Å². The van der Waals surface area contributed by atoms with Gasteiger partial charge in [-0.05, 0) is 50.9 Å². The summed E-state index contributed by atoms with van der Waals surface area (Å²) in [6.07, 6.45) is 4.30. The molecule has 140 valence electrons. The van der Waals surface area contributed by atoms with E-state index in [4.69, 9.17) is 9.47 Å². The molecule has 0 aliphatic carbocycles. The van der Waals surface area contributed by atoms with Gasteiger partial charge in [-0.3, -0.25) is 0 Å². The van der Waals surface area contributed by atoms with Crippen LogP contribution in [0.1, 0.15) is 36.8 Å². The van der Waals surface area contributed by atoms with E-state index in [1.54, 1.807) is 0 Å². The molecule has 1 aliphatic rings. The van der Waals surface area contributed by atoms with Gasteiger partial charge in [-0.15, -0.1) is 0 Å². The highest BCUT2D eigenvalue weighted by atomic mass is 16.5. The minimum Gasteiger partial charge on any atom is -0.493 e. The lowest BCUT2D eigenvalue weighted by molar-refractivity contribution is 0.263. The Labute approximate surface area is 156 Å². The van der Waals surface area contributed by atoms with E-state index in [2.05, 4.69) is 47.0 Å². The molecule has 0 saturated heterocycles. The second-order valence-electron chi connectivity index (χ2n) is 6.68. The first-order chi connectivity index (χ1) is 12.9. The summed E-state index contributed by atoms with van der Waals surface area (Å²) in [6.45, 7) is 5.22. The molecule has 0 aromatic heterocycles. The molecule has 2 aromatic rings. The van der Waals surface area contributed by atoms with Gasteiger partial charge in [-0.1, -0.05) is 36.4 Å². The van der Waals surface area contributed by atoms with Crippen molar-refractivity contribution in [3.63, 3.8) is 0 Å². The Hall–Kier alpha value is -2.04. The first kappa shape index (κ1) is 18.7. The maximum atomic E-state index is 6.00. The molecule has 0 amide bonds. The smallest absolute Gasteiger partial charge is 0.123 e. The third kappa shape index (κ3) is 6.04. The van der Waals surface area contributed by atoms with Crippen LogP contribution in [0.5, 0.6) is 11.5 Å². The molecular weight excluding hydrogens is 324 g/mol.